The van der Waals surface area contributed by atoms with E-state index in [2.05, 4.69) is 15.3 Å². The molecule has 1 aliphatic rings. The Balaban J connectivity index is 1.47. The fourth-order valence-corrected chi connectivity index (χ4v) is 3.10. The Labute approximate surface area is 125 Å². The van der Waals surface area contributed by atoms with E-state index in [9.17, 15) is 0 Å². The van der Waals surface area contributed by atoms with Crippen molar-refractivity contribution >= 4 is 27.4 Å². The van der Waals surface area contributed by atoms with Gasteiger partial charge in [0.1, 0.15) is 24.9 Å². The van der Waals surface area contributed by atoms with Gasteiger partial charge >= 0.3 is 0 Å². The Morgan fingerprint density at radius 2 is 2.10 bits per heavy atom. The number of fused-ring (bicyclic) bond motifs is 2. The van der Waals surface area contributed by atoms with Gasteiger partial charge < -0.3 is 14.8 Å². The van der Waals surface area contributed by atoms with Crippen LogP contribution in [0.2, 0.25) is 0 Å². The highest BCUT2D eigenvalue weighted by Crippen LogP contribution is 2.31. The van der Waals surface area contributed by atoms with E-state index in [1.165, 1.54) is 0 Å². The maximum atomic E-state index is 5.92. The number of nitrogens with zero attached hydrogens (tertiary/aromatic N) is 2. The minimum Gasteiger partial charge on any atom is -0.486 e. The summed E-state index contributed by atoms with van der Waals surface area (Å²) in [6, 6.07) is 9.71. The zero-order valence-electron chi connectivity index (χ0n) is 11.2. The van der Waals surface area contributed by atoms with E-state index in [1.807, 2.05) is 35.7 Å². The van der Waals surface area contributed by atoms with E-state index in [4.69, 9.17) is 9.47 Å². The fourth-order valence-electron chi connectivity index (χ4n) is 2.29. The number of nitrogens with one attached hydrogen (secondary N) is 1. The lowest BCUT2D eigenvalue weighted by molar-refractivity contribution is 0.0997. The number of ether oxygens (including phenoxy) is 2. The summed E-state index contributed by atoms with van der Waals surface area (Å²) in [5, 5.41) is 5.34. The lowest BCUT2D eigenvalue weighted by Gasteiger charge is -2.26. The lowest BCUT2D eigenvalue weighted by atomic mass is 10.2. The fraction of sp³-hybridized carbons (Fsp3) is 0.200. The van der Waals surface area contributed by atoms with Crippen molar-refractivity contribution in [2.45, 2.75) is 6.10 Å². The Morgan fingerprint density at radius 3 is 3.05 bits per heavy atom. The zero-order valence-corrected chi connectivity index (χ0v) is 12.0. The van der Waals surface area contributed by atoms with Crippen LogP contribution in [0.15, 0.2) is 42.0 Å². The predicted molar refractivity (Wildman–Crippen MR) is 82.3 cm³/mol. The van der Waals surface area contributed by atoms with E-state index in [1.54, 1.807) is 17.7 Å². The van der Waals surface area contributed by atoms with Gasteiger partial charge in [0.15, 0.2) is 11.5 Å². The summed E-state index contributed by atoms with van der Waals surface area (Å²) in [4.78, 5) is 8.53. The van der Waals surface area contributed by atoms with Gasteiger partial charge in [0.05, 0.1) is 16.8 Å². The van der Waals surface area contributed by atoms with Crippen LogP contribution in [0.5, 0.6) is 11.5 Å². The summed E-state index contributed by atoms with van der Waals surface area (Å²) < 4.78 is 12.7. The Bertz CT molecular complexity index is 774. The molecule has 0 spiro atoms. The van der Waals surface area contributed by atoms with E-state index < -0.39 is 0 Å². The predicted octanol–water partition coefficient (Wildman–Crippen LogP) is 2.94. The van der Waals surface area contributed by atoms with Crippen molar-refractivity contribution in [1.82, 2.24) is 9.97 Å². The molecule has 1 N–H and O–H groups in total. The van der Waals surface area contributed by atoms with Crippen molar-refractivity contribution < 1.29 is 9.47 Å². The molecule has 3 heterocycles. The van der Waals surface area contributed by atoms with Gasteiger partial charge in [-0.15, -0.1) is 11.3 Å². The molecule has 0 amide bonds. The zero-order chi connectivity index (χ0) is 14.1. The number of anilines is 1. The second kappa shape index (κ2) is 5.21. The first kappa shape index (κ1) is 12.4. The highest BCUT2D eigenvalue weighted by atomic mass is 32.1. The molecular formula is C15H13N3O2S. The maximum absolute atomic E-state index is 5.92. The lowest BCUT2D eigenvalue weighted by Crippen LogP contribution is -2.35. The molecule has 0 radical (unpaired) electrons. The quantitative estimate of drug-likeness (QED) is 0.806. The second-order valence-electron chi connectivity index (χ2n) is 4.74. The molecule has 0 bridgehead atoms. The smallest absolute Gasteiger partial charge is 0.161 e. The molecule has 2 aromatic heterocycles. The first-order valence-electron chi connectivity index (χ1n) is 6.71. The standard InChI is InChI=1S/C15H13N3O2S/c1-2-4-13-12(3-1)19-8-10(20-13)7-16-15-14-11(5-6-21-14)17-9-18-15/h1-6,9-10H,7-8H2,(H,16,17,18). The van der Waals surface area contributed by atoms with Crippen molar-refractivity contribution in [3.63, 3.8) is 0 Å². The highest BCUT2D eigenvalue weighted by molar-refractivity contribution is 7.17. The Hall–Kier alpha value is -2.34. The van der Waals surface area contributed by atoms with Gasteiger partial charge in [-0.3, -0.25) is 0 Å². The summed E-state index contributed by atoms with van der Waals surface area (Å²) >= 11 is 1.63. The molecule has 5 nitrogen and oxygen atoms in total. The molecule has 3 aromatic rings. The van der Waals surface area contributed by atoms with Gasteiger partial charge in [-0.2, -0.15) is 0 Å². The number of benzene rings is 1. The van der Waals surface area contributed by atoms with Crippen molar-refractivity contribution in [1.29, 1.82) is 0 Å². The van der Waals surface area contributed by atoms with Gasteiger partial charge in [-0.1, -0.05) is 12.1 Å². The number of aromatic nitrogens is 2. The van der Waals surface area contributed by atoms with E-state index in [-0.39, 0.29) is 6.10 Å². The van der Waals surface area contributed by atoms with Gasteiger partial charge in [0.2, 0.25) is 0 Å². The van der Waals surface area contributed by atoms with Crippen LogP contribution in [0.25, 0.3) is 10.2 Å². The third-order valence-corrected chi connectivity index (χ3v) is 4.22. The molecule has 0 fully saturated rings. The van der Waals surface area contributed by atoms with E-state index in [0.29, 0.717) is 13.2 Å². The number of rotatable bonds is 3. The van der Waals surface area contributed by atoms with Crippen LogP contribution in [-0.4, -0.2) is 29.2 Å². The highest BCUT2D eigenvalue weighted by Gasteiger charge is 2.20. The molecule has 0 saturated heterocycles. The second-order valence-corrected chi connectivity index (χ2v) is 5.65. The molecule has 4 rings (SSSR count). The molecule has 0 aliphatic carbocycles. The summed E-state index contributed by atoms with van der Waals surface area (Å²) in [7, 11) is 0. The Kier molecular flexibility index (Phi) is 3.08. The minimum atomic E-state index is -0.0372. The first-order chi connectivity index (χ1) is 10.4. The normalized spacial score (nSPS) is 16.9. The third kappa shape index (κ3) is 2.38. The van der Waals surface area contributed by atoms with E-state index in [0.717, 1.165) is 27.5 Å². The van der Waals surface area contributed by atoms with Crippen molar-refractivity contribution in [2.75, 3.05) is 18.5 Å². The largest absolute Gasteiger partial charge is 0.486 e. The summed E-state index contributed by atoms with van der Waals surface area (Å²) in [5.74, 6) is 2.44. The number of thiophene rings is 1. The third-order valence-electron chi connectivity index (χ3n) is 3.31. The van der Waals surface area contributed by atoms with Crippen molar-refractivity contribution in [3.8, 4) is 11.5 Å². The molecule has 1 unspecified atom stereocenters. The summed E-state index contributed by atoms with van der Waals surface area (Å²) in [5.41, 5.74) is 0.962. The van der Waals surface area contributed by atoms with Gasteiger partial charge in [0.25, 0.3) is 0 Å². The molecule has 0 saturated carbocycles. The number of hydrogen-bond acceptors (Lipinski definition) is 6. The van der Waals surface area contributed by atoms with Gasteiger partial charge in [0, 0.05) is 0 Å². The van der Waals surface area contributed by atoms with Crippen LogP contribution in [-0.2, 0) is 0 Å². The molecular weight excluding hydrogens is 286 g/mol. The molecule has 1 aromatic carbocycles. The van der Waals surface area contributed by atoms with Gasteiger partial charge in [-0.25, -0.2) is 9.97 Å². The maximum Gasteiger partial charge on any atom is 0.161 e. The van der Waals surface area contributed by atoms with Crippen molar-refractivity contribution in [2.24, 2.45) is 0 Å². The number of hydrogen-bond donors (Lipinski definition) is 1. The summed E-state index contributed by atoms with van der Waals surface area (Å²) in [6.07, 6.45) is 1.54. The average molecular weight is 299 g/mol. The van der Waals surface area contributed by atoms with Crippen LogP contribution in [0.4, 0.5) is 5.82 Å². The van der Waals surface area contributed by atoms with Crippen LogP contribution >= 0.6 is 11.3 Å². The monoisotopic (exact) mass is 299 g/mol. The molecule has 21 heavy (non-hydrogen) atoms. The topological polar surface area (TPSA) is 56.3 Å². The van der Waals surface area contributed by atoms with Crippen LogP contribution in [0.1, 0.15) is 0 Å². The van der Waals surface area contributed by atoms with Crippen LogP contribution in [0.3, 0.4) is 0 Å². The Morgan fingerprint density at radius 1 is 1.19 bits per heavy atom. The van der Waals surface area contributed by atoms with Gasteiger partial charge in [-0.05, 0) is 23.6 Å². The SMILES string of the molecule is c1ccc2c(c1)OCC(CNc1ncnc3ccsc13)O2. The van der Waals surface area contributed by atoms with E-state index >= 15 is 0 Å². The average Bonchev–Trinajstić information content (AvgIpc) is 3.02. The minimum absolute atomic E-state index is 0.0372. The summed E-state index contributed by atoms with van der Waals surface area (Å²) in [6.45, 7) is 1.17. The molecule has 6 heteroatoms. The molecule has 106 valence electrons. The van der Waals surface area contributed by atoms with Crippen LogP contribution < -0.4 is 14.8 Å². The molecule has 1 aliphatic heterocycles. The van der Waals surface area contributed by atoms with Crippen molar-refractivity contribution in [3.05, 3.63) is 42.0 Å². The number of para-hydroxylation sites is 2. The first-order valence-corrected chi connectivity index (χ1v) is 7.59. The molecule has 1 atom stereocenters. The van der Waals surface area contributed by atoms with Crippen LogP contribution in [0, 0.1) is 0 Å².